The first kappa shape index (κ1) is 11.7. The third-order valence-corrected chi connectivity index (χ3v) is 2.66. The summed E-state index contributed by atoms with van der Waals surface area (Å²) in [6.07, 6.45) is 2.42. The number of hydrogen-bond acceptors (Lipinski definition) is 3. The first-order valence-corrected chi connectivity index (χ1v) is 5.75. The molecule has 0 bridgehead atoms. The highest BCUT2D eigenvalue weighted by Gasteiger charge is 2.07. The highest BCUT2D eigenvalue weighted by Crippen LogP contribution is 2.30. The predicted molar refractivity (Wildman–Crippen MR) is 69.6 cm³/mol. The predicted octanol–water partition coefficient (Wildman–Crippen LogP) is 3.67. The zero-order valence-electron chi connectivity index (χ0n) is 9.48. The highest BCUT2D eigenvalue weighted by molar-refractivity contribution is 6.32. The Bertz CT molecular complexity index is 529. The van der Waals surface area contributed by atoms with Crippen molar-refractivity contribution in [3.8, 4) is 11.6 Å². The van der Waals surface area contributed by atoms with Crippen molar-refractivity contribution >= 4 is 17.3 Å². The fourth-order valence-corrected chi connectivity index (χ4v) is 1.73. The molecule has 0 saturated carbocycles. The molecule has 4 heteroatoms. The molecular formula is C13H13ClN2O. The summed E-state index contributed by atoms with van der Waals surface area (Å²) >= 11 is 6.01. The summed E-state index contributed by atoms with van der Waals surface area (Å²) in [5.41, 5.74) is 7.21. The van der Waals surface area contributed by atoms with Crippen molar-refractivity contribution in [3.05, 3.63) is 47.1 Å². The number of benzene rings is 1. The van der Waals surface area contributed by atoms with Gasteiger partial charge < -0.3 is 10.5 Å². The summed E-state index contributed by atoms with van der Waals surface area (Å²) in [6, 6.07) is 9.43. The smallest absolute Gasteiger partial charge is 0.238 e. The monoisotopic (exact) mass is 248 g/mol. The molecule has 0 atom stereocenters. The van der Waals surface area contributed by atoms with Crippen molar-refractivity contribution in [2.45, 2.75) is 13.3 Å². The van der Waals surface area contributed by atoms with Crippen molar-refractivity contribution in [1.82, 2.24) is 4.98 Å². The SMILES string of the molecule is CCc1ccccc1Oc1ncc(N)cc1Cl. The van der Waals surface area contributed by atoms with Crippen LogP contribution in [0.4, 0.5) is 5.69 Å². The Labute approximate surface area is 105 Å². The number of pyridine rings is 1. The van der Waals surface area contributed by atoms with E-state index in [2.05, 4.69) is 11.9 Å². The van der Waals surface area contributed by atoms with Gasteiger partial charge >= 0.3 is 0 Å². The molecule has 17 heavy (non-hydrogen) atoms. The lowest BCUT2D eigenvalue weighted by atomic mass is 10.1. The van der Waals surface area contributed by atoms with Crippen LogP contribution in [-0.4, -0.2) is 4.98 Å². The van der Waals surface area contributed by atoms with Crippen molar-refractivity contribution in [3.63, 3.8) is 0 Å². The van der Waals surface area contributed by atoms with Gasteiger partial charge in [-0.3, -0.25) is 0 Å². The van der Waals surface area contributed by atoms with Crippen LogP contribution in [0.3, 0.4) is 0 Å². The second-order valence-corrected chi connectivity index (χ2v) is 4.03. The van der Waals surface area contributed by atoms with E-state index in [0.717, 1.165) is 17.7 Å². The fourth-order valence-electron chi connectivity index (χ4n) is 1.51. The Hall–Kier alpha value is -1.74. The largest absolute Gasteiger partial charge is 0.437 e. The summed E-state index contributed by atoms with van der Waals surface area (Å²) in [7, 11) is 0. The summed E-state index contributed by atoms with van der Waals surface area (Å²) in [5, 5.41) is 0.413. The standard InChI is InChI=1S/C13H13ClN2O/c1-2-9-5-3-4-6-12(9)17-13-11(14)7-10(15)8-16-13/h3-8H,2,15H2,1H3. The number of aromatic nitrogens is 1. The zero-order chi connectivity index (χ0) is 12.3. The Balaban J connectivity index is 2.31. The van der Waals surface area contributed by atoms with E-state index in [1.165, 1.54) is 6.20 Å². The Morgan fingerprint density at radius 1 is 1.35 bits per heavy atom. The molecule has 0 fully saturated rings. The van der Waals surface area contributed by atoms with Crippen LogP contribution in [0, 0.1) is 0 Å². The summed E-state index contributed by atoms with van der Waals surface area (Å²) in [6.45, 7) is 2.07. The fraction of sp³-hybridized carbons (Fsp3) is 0.154. The van der Waals surface area contributed by atoms with Gasteiger partial charge in [0.2, 0.25) is 5.88 Å². The number of aryl methyl sites for hydroxylation is 1. The molecule has 0 radical (unpaired) electrons. The maximum absolute atomic E-state index is 6.01. The van der Waals surface area contributed by atoms with Gasteiger partial charge in [0.05, 0.1) is 11.9 Å². The van der Waals surface area contributed by atoms with Crippen LogP contribution in [-0.2, 0) is 6.42 Å². The lowest BCUT2D eigenvalue weighted by molar-refractivity contribution is 0.458. The number of para-hydroxylation sites is 1. The van der Waals surface area contributed by atoms with Crippen LogP contribution in [0.1, 0.15) is 12.5 Å². The number of anilines is 1. The van der Waals surface area contributed by atoms with Crippen LogP contribution in [0.2, 0.25) is 5.02 Å². The molecule has 1 aromatic carbocycles. The van der Waals surface area contributed by atoms with E-state index in [1.807, 2.05) is 24.3 Å². The van der Waals surface area contributed by atoms with Crippen LogP contribution in [0.5, 0.6) is 11.6 Å². The van der Waals surface area contributed by atoms with Gasteiger partial charge in [0, 0.05) is 0 Å². The molecule has 1 heterocycles. The van der Waals surface area contributed by atoms with Crippen molar-refractivity contribution < 1.29 is 4.74 Å². The number of ether oxygens (including phenoxy) is 1. The molecule has 0 saturated heterocycles. The lowest BCUT2D eigenvalue weighted by Crippen LogP contribution is -1.94. The highest BCUT2D eigenvalue weighted by atomic mass is 35.5. The van der Waals surface area contributed by atoms with Gasteiger partial charge in [0.15, 0.2) is 0 Å². The van der Waals surface area contributed by atoms with Crippen molar-refractivity contribution in [2.24, 2.45) is 0 Å². The Kier molecular flexibility index (Phi) is 3.49. The van der Waals surface area contributed by atoms with Crippen LogP contribution in [0.15, 0.2) is 36.5 Å². The first-order valence-electron chi connectivity index (χ1n) is 5.37. The summed E-state index contributed by atoms with van der Waals surface area (Å²) < 4.78 is 5.69. The van der Waals surface area contributed by atoms with Gasteiger partial charge in [0.25, 0.3) is 0 Å². The lowest BCUT2D eigenvalue weighted by Gasteiger charge is -2.10. The molecule has 0 unspecified atom stereocenters. The van der Waals surface area contributed by atoms with Gasteiger partial charge in [-0.2, -0.15) is 0 Å². The number of nitrogens with two attached hydrogens (primary N) is 1. The molecule has 0 aliphatic rings. The van der Waals surface area contributed by atoms with E-state index < -0.39 is 0 Å². The Morgan fingerprint density at radius 3 is 2.82 bits per heavy atom. The van der Waals surface area contributed by atoms with Crippen molar-refractivity contribution in [2.75, 3.05) is 5.73 Å². The second-order valence-electron chi connectivity index (χ2n) is 3.62. The molecule has 1 aromatic heterocycles. The van der Waals surface area contributed by atoms with E-state index in [1.54, 1.807) is 6.07 Å². The van der Waals surface area contributed by atoms with E-state index in [9.17, 15) is 0 Å². The van der Waals surface area contributed by atoms with E-state index in [0.29, 0.717) is 16.6 Å². The average molecular weight is 249 g/mol. The minimum absolute atomic E-state index is 0.377. The number of hydrogen-bond donors (Lipinski definition) is 1. The second kappa shape index (κ2) is 5.06. The average Bonchev–Trinajstić information content (AvgIpc) is 2.33. The number of nitrogens with zero attached hydrogens (tertiary/aromatic N) is 1. The molecule has 88 valence electrons. The molecule has 2 N–H and O–H groups in total. The van der Waals surface area contributed by atoms with Crippen LogP contribution >= 0.6 is 11.6 Å². The Morgan fingerprint density at radius 2 is 2.12 bits per heavy atom. The summed E-state index contributed by atoms with van der Waals surface area (Å²) in [5.74, 6) is 1.15. The van der Waals surface area contributed by atoms with Crippen LogP contribution < -0.4 is 10.5 Å². The normalized spacial score (nSPS) is 10.2. The minimum Gasteiger partial charge on any atom is -0.437 e. The molecule has 2 rings (SSSR count). The van der Waals surface area contributed by atoms with Crippen LogP contribution in [0.25, 0.3) is 0 Å². The first-order chi connectivity index (χ1) is 8.20. The summed E-state index contributed by atoms with van der Waals surface area (Å²) in [4.78, 5) is 4.07. The minimum atomic E-state index is 0.377. The number of nitrogen functional groups attached to an aromatic ring is 1. The third kappa shape index (κ3) is 2.68. The van der Waals surface area contributed by atoms with Gasteiger partial charge in [0.1, 0.15) is 10.8 Å². The maximum Gasteiger partial charge on any atom is 0.238 e. The molecule has 0 aliphatic carbocycles. The molecule has 0 spiro atoms. The molecule has 2 aromatic rings. The van der Waals surface area contributed by atoms with Gasteiger partial charge in [-0.15, -0.1) is 0 Å². The quantitative estimate of drug-likeness (QED) is 0.902. The van der Waals surface area contributed by atoms with Gasteiger partial charge in [-0.25, -0.2) is 4.98 Å². The third-order valence-electron chi connectivity index (χ3n) is 2.39. The van der Waals surface area contributed by atoms with E-state index in [4.69, 9.17) is 22.1 Å². The van der Waals surface area contributed by atoms with E-state index >= 15 is 0 Å². The maximum atomic E-state index is 6.01. The number of halogens is 1. The molecule has 3 nitrogen and oxygen atoms in total. The van der Waals surface area contributed by atoms with Gasteiger partial charge in [-0.1, -0.05) is 36.7 Å². The molecular weight excluding hydrogens is 236 g/mol. The number of rotatable bonds is 3. The zero-order valence-corrected chi connectivity index (χ0v) is 10.2. The van der Waals surface area contributed by atoms with Crippen molar-refractivity contribution in [1.29, 1.82) is 0 Å². The molecule has 0 amide bonds. The van der Waals surface area contributed by atoms with E-state index in [-0.39, 0.29) is 0 Å². The van der Waals surface area contributed by atoms with Gasteiger partial charge in [-0.05, 0) is 24.1 Å². The molecule has 0 aliphatic heterocycles. The topological polar surface area (TPSA) is 48.1 Å².